The van der Waals surface area contributed by atoms with E-state index >= 15 is 0 Å². The Morgan fingerprint density at radius 3 is 2.30 bits per heavy atom. The van der Waals surface area contributed by atoms with Crippen LogP contribution >= 0.6 is 24.0 Å². The first-order valence-electron chi connectivity index (χ1n) is 9.70. The summed E-state index contributed by atoms with van der Waals surface area (Å²) < 4.78 is 25.6. The lowest BCUT2D eigenvalue weighted by Crippen LogP contribution is -2.43. The van der Waals surface area contributed by atoms with Crippen molar-refractivity contribution in [3.63, 3.8) is 0 Å². The molecule has 162 valence electrons. The Bertz CT molecular complexity index is 974. The van der Waals surface area contributed by atoms with Crippen LogP contribution in [0.4, 0.5) is 0 Å². The molecule has 30 heavy (non-hydrogen) atoms. The third-order valence-corrected chi connectivity index (χ3v) is 6.34. The first-order chi connectivity index (χ1) is 14.0. The van der Waals surface area contributed by atoms with Gasteiger partial charge in [-0.05, 0) is 35.7 Å². The monoisotopic (exact) mass is 540 g/mol. The second kappa shape index (κ2) is 11.5. The molecular formula is C22H29IN4O2S. The molecule has 2 aromatic carbocycles. The number of hydrogen-bond acceptors (Lipinski definition) is 3. The lowest BCUT2D eigenvalue weighted by Gasteiger charge is -2.29. The molecule has 1 heterocycles. The van der Waals surface area contributed by atoms with Crippen LogP contribution in [-0.2, 0) is 22.3 Å². The van der Waals surface area contributed by atoms with Gasteiger partial charge in [-0.2, -0.15) is 0 Å². The number of benzene rings is 2. The summed E-state index contributed by atoms with van der Waals surface area (Å²) in [7, 11) is -0.0266. The van der Waals surface area contributed by atoms with Gasteiger partial charge in [0.1, 0.15) is 0 Å². The minimum Gasteiger partial charge on any atom is -0.352 e. The van der Waals surface area contributed by atoms with Crippen LogP contribution in [0.25, 0.3) is 5.57 Å². The molecule has 0 spiro atoms. The third-order valence-electron chi connectivity index (χ3n) is 5.01. The van der Waals surface area contributed by atoms with E-state index < -0.39 is 10.0 Å². The van der Waals surface area contributed by atoms with Crippen LogP contribution in [0.3, 0.4) is 0 Å². The molecule has 0 bridgehead atoms. The van der Waals surface area contributed by atoms with E-state index in [0.29, 0.717) is 6.54 Å². The number of rotatable bonds is 6. The van der Waals surface area contributed by atoms with E-state index in [1.54, 1.807) is 7.05 Å². The van der Waals surface area contributed by atoms with Gasteiger partial charge in [0.2, 0.25) is 10.0 Å². The molecular weight excluding hydrogens is 511 g/mol. The lowest BCUT2D eigenvalue weighted by molar-refractivity contribution is 0.440. The predicted octanol–water partition coefficient (Wildman–Crippen LogP) is 3.22. The summed E-state index contributed by atoms with van der Waals surface area (Å²) in [5, 5.41) is 3.40. The second-order valence-electron chi connectivity index (χ2n) is 6.97. The van der Waals surface area contributed by atoms with E-state index in [-0.39, 0.29) is 29.7 Å². The van der Waals surface area contributed by atoms with E-state index in [1.807, 2.05) is 30.3 Å². The minimum atomic E-state index is -3.25. The highest BCUT2D eigenvalue weighted by Crippen LogP contribution is 2.22. The van der Waals surface area contributed by atoms with Gasteiger partial charge in [-0.1, -0.05) is 60.7 Å². The third kappa shape index (κ3) is 6.82. The van der Waals surface area contributed by atoms with Crippen molar-refractivity contribution < 1.29 is 8.42 Å². The van der Waals surface area contributed by atoms with Crippen LogP contribution in [-0.4, -0.2) is 46.5 Å². The Hall–Kier alpha value is -1.91. The fourth-order valence-corrected chi connectivity index (χ4v) is 4.11. The number of nitrogens with zero attached hydrogens (tertiary/aromatic N) is 2. The lowest BCUT2D eigenvalue weighted by atomic mass is 10.00. The molecule has 3 rings (SSSR count). The number of sulfonamides is 1. The van der Waals surface area contributed by atoms with Gasteiger partial charge in [0, 0.05) is 26.7 Å². The van der Waals surface area contributed by atoms with E-state index in [9.17, 15) is 8.42 Å². The molecule has 0 saturated carbocycles. The quantitative estimate of drug-likeness (QED) is 0.336. The maximum atomic E-state index is 11.6. The SMILES string of the molecule is CN=C(NCc1ccc(CS(=O)(=O)NC)cc1)N1CC=C(c2ccccc2)CC1.I. The largest absolute Gasteiger partial charge is 0.352 e. The van der Waals surface area contributed by atoms with Crippen LogP contribution in [0, 0.1) is 0 Å². The molecule has 0 unspecified atom stereocenters. The van der Waals surface area contributed by atoms with Crippen molar-refractivity contribution in [1.82, 2.24) is 14.9 Å². The fourth-order valence-electron chi connectivity index (χ4n) is 3.33. The zero-order valence-electron chi connectivity index (χ0n) is 17.3. The van der Waals surface area contributed by atoms with Crippen LogP contribution in [0.15, 0.2) is 65.7 Å². The summed E-state index contributed by atoms with van der Waals surface area (Å²) in [6.45, 7) is 2.38. The van der Waals surface area contributed by atoms with Gasteiger partial charge < -0.3 is 10.2 Å². The van der Waals surface area contributed by atoms with Crippen LogP contribution in [0.2, 0.25) is 0 Å². The maximum Gasteiger partial charge on any atom is 0.215 e. The van der Waals surface area contributed by atoms with E-state index in [2.05, 4.69) is 50.3 Å². The number of guanidine groups is 1. The predicted molar refractivity (Wildman–Crippen MR) is 134 cm³/mol. The molecule has 0 aromatic heterocycles. The topological polar surface area (TPSA) is 73.8 Å². The van der Waals surface area contributed by atoms with Gasteiger partial charge in [0.25, 0.3) is 0 Å². The molecule has 0 fully saturated rings. The van der Waals surface area contributed by atoms with Crippen LogP contribution < -0.4 is 10.0 Å². The normalized spacial score (nSPS) is 14.7. The van der Waals surface area contributed by atoms with Gasteiger partial charge in [-0.25, -0.2) is 13.1 Å². The number of halogens is 1. The molecule has 0 amide bonds. The highest BCUT2D eigenvalue weighted by atomic mass is 127. The molecule has 0 saturated heterocycles. The number of nitrogens with one attached hydrogen (secondary N) is 2. The highest BCUT2D eigenvalue weighted by molar-refractivity contribution is 14.0. The molecule has 0 aliphatic carbocycles. The Labute approximate surface area is 196 Å². The van der Waals surface area contributed by atoms with Crippen molar-refractivity contribution >= 4 is 45.5 Å². The van der Waals surface area contributed by atoms with Gasteiger partial charge in [-0.3, -0.25) is 4.99 Å². The number of hydrogen-bond donors (Lipinski definition) is 2. The van der Waals surface area contributed by atoms with Crippen LogP contribution in [0.1, 0.15) is 23.1 Å². The van der Waals surface area contributed by atoms with Gasteiger partial charge in [0.15, 0.2) is 5.96 Å². The Balaban J connectivity index is 0.00000320. The van der Waals surface area contributed by atoms with Crippen molar-refractivity contribution in [3.8, 4) is 0 Å². The molecule has 0 atom stereocenters. The first kappa shape index (κ1) is 24.4. The summed E-state index contributed by atoms with van der Waals surface area (Å²) in [5.74, 6) is 0.859. The van der Waals surface area contributed by atoms with E-state index in [0.717, 1.165) is 36.6 Å². The molecule has 2 aromatic rings. The average molecular weight is 540 g/mol. The average Bonchev–Trinajstić information content (AvgIpc) is 2.76. The number of aliphatic imine (C=N–C) groups is 1. The maximum absolute atomic E-state index is 11.6. The zero-order valence-corrected chi connectivity index (χ0v) is 20.5. The molecule has 0 radical (unpaired) electrons. The van der Waals surface area contributed by atoms with Crippen molar-refractivity contribution in [2.24, 2.45) is 4.99 Å². The minimum absolute atomic E-state index is 0. The Morgan fingerprint density at radius 1 is 1.07 bits per heavy atom. The Morgan fingerprint density at radius 2 is 1.73 bits per heavy atom. The Kier molecular flexibility index (Phi) is 9.32. The molecule has 1 aliphatic heterocycles. The summed E-state index contributed by atoms with van der Waals surface area (Å²) in [4.78, 5) is 6.65. The zero-order chi connectivity index (χ0) is 20.7. The van der Waals surface area contributed by atoms with Gasteiger partial charge in [-0.15, -0.1) is 24.0 Å². The first-order valence-corrected chi connectivity index (χ1v) is 11.3. The van der Waals surface area contributed by atoms with Crippen molar-refractivity contribution in [3.05, 3.63) is 77.4 Å². The molecule has 2 N–H and O–H groups in total. The molecule has 6 nitrogen and oxygen atoms in total. The standard InChI is InChI=1S/C22H28N4O2S.HI/c1-23-22(26-14-12-21(13-15-26)20-6-4-3-5-7-20)25-16-18-8-10-19(11-9-18)17-29(27,28)24-2;/h3-12,24H,13-17H2,1-2H3,(H,23,25);1H. The summed E-state index contributed by atoms with van der Waals surface area (Å²) in [5.41, 5.74) is 4.51. The van der Waals surface area contributed by atoms with Crippen molar-refractivity contribution in [2.75, 3.05) is 27.2 Å². The molecule has 8 heteroatoms. The smallest absolute Gasteiger partial charge is 0.215 e. The van der Waals surface area contributed by atoms with E-state index in [1.165, 1.54) is 18.2 Å². The highest BCUT2D eigenvalue weighted by Gasteiger charge is 2.16. The van der Waals surface area contributed by atoms with Crippen molar-refractivity contribution in [1.29, 1.82) is 0 Å². The van der Waals surface area contributed by atoms with Gasteiger partial charge in [0.05, 0.1) is 5.75 Å². The summed E-state index contributed by atoms with van der Waals surface area (Å²) >= 11 is 0. The van der Waals surface area contributed by atoms with Crippen LogP contribution in [0.5, 0.6) is 0 Å². The fraction of sp³-hybridized carbons (Fsp3) is 0.318. The van der Waals surface area contributed by atoms with Gasteiger partial charge >= 0.3 is 0 Å². The summed E-state index contributed by atoms with van der Waals surface area (Å²) in [6.07, 6.45) is 3.25. The summed E-state index contributed by atoms with van der Waals surface area (Å²) in [6, 6.07) is 18.1. The van der Waals surface area contributed by atoms with E-state index in [4.69, 9.17) is 0 Å². The second-order valence-corrected chi connectivity index (χ2v) is 8.90. The molecule has 1 aliphatic rings. The van der Waals surface area contributed by atoms with Crippen molar-refractivity contribution in [2.45, 2.75) is 18.7 Å².